The predicted octanol–water partition coefficient (Wildman–Crippen LogP) is 2.17. The van der Waals surface area contributed by atoms with Gasteiger partial charge in [0.1, 0.15) is 0 Å². The summed E-state index contributed by atoms with van der Waals surface area (Å²) in [5, 5.41) is 0. The van der Waals surface area contributed by atoms with Crippen molar-refractivity contribution < 1.29 is 23.4 Å². The van der Waals surface area contributed by atoms with Crippen molar-refractivity contribution in [3.8, 4) is 0 Å². The third-order valence-electron chi connectivity index (χ3n) is 0.892. The molecule has 0 unspecified atom stereocenters. The Hall–Kier alpha value is -0.526. The van der Waals surface area contributed by atoms with Crippen LogP contribution in [0.2, 0.25) is 0 Å². The van der Waals surface area contributed by atoms with E-state index in [-0.39, 0.29) is 18.6 Å². The summed E-state index contributed by atoms with van der Waals surface area (Å²) in [4.78, 5) is 9.88. The molecule has 0 saturated carbocycles. The van der Waals surface area contributed by atoms with Crippen molar-refractivity contribution in [1.29, 1.82) is 0 Å². The average molecular weight is 186 g/mol. The molecule has 0 saturated heterocycles. The molecule has 0 aliphatic heterocycles. The van der Waals surface area contributed by atoms with Gasteiger partial charge >= 0.3 is 0 Å². The zero-order valence-electron chi connectivity index (χ0n) is 6.74. The normalized spacial score (nSPS) is 6.73. The van der Waals surface area contributed by atoms with Crippen molar-refractivity contribution in [3.05, 3.63) is 35.9 Å². The molecule has 0 atom stereocenters. The van der Waals surface area contributed by atoms with Crippen LogP contribution in [-0.4, -0.2) is 6.29 Å². The molecule has 0 heterocycles. The van der Waals surface area contributed by atoms with Crippen molar-refractivity contribution in [2.24, 2.45) is 0 Å². The second-order valence-electron chi connectivity index (χ2n) is 1.47. The summed E-state index contributed by atoms with van der Waals surface area (Å²) in [5.41, 5.74) is 0.604. The van der Waals surface area contributed by atoms with E-state index in [1.165, 1.54) is 0 Å². The van der Waals surface area contributed by atoms with Crippen molar-refractivity contribution in [2.75, 3.05) is 0 Å². The van der Waals surface area contributed by atoms with Gasteiger partial charge in [0, 0.05) is 18.6 Å². The van der Waals surface area contributed by atoms with Crippen LogP contribution in [0.25, 0.3) is 0 Å². The Morgan fingerprint density at radius 1 is 1.09 bits per heavy atom. The second-order valence-corrected chi connectivity index (χ2v) is 1.47. The standard InChI is InChI=1S/C7H5O.C2H6.V/c8-6-7-4-2-1-3-5-7;1-2;/h1-5H;1-2H3;/q-1;;. The van der Waals surface area contributed by atoms with Crippen LogP contribution >= 0.6 is 0 Å². The Kier molecular flexibility index (Phi) is 11.3. The van der Waals surface area contributed by atoms with Crippen LogP contribution in [0.15, 0.2) is 30.3 Å². The summed E-state index contributed by atoms with van der Waals surface area (Å²) >= 11 is 0. The van der Waals surface area contributed by atoms with Crippen LogP contribution in [0, 0.1) is 0 Å². The van der Waals surface area contributed by atoms with Crippen molar-refractivity contribution in [3.63, 3.8) is 0 Å². The molecule has 1 nitrogen and oxygen atoms in total. The summed E-state index contributed by atoms with van der Waals surface area (Å²) in [6.07, 6.45) is 1.78. The fraction of sp³-hybridized carbons (Fsp3) is 0.222. The molecule has 1 rings (SSSR count). The van der Waals surface area contributed by atoms with Crippen LogP contribution in [0.1, 0.15) is 19.4 Å². The van der Waals surface area contributed by atoms with Crippen LogP contribution < -0.4 is 0 Å². The number of hydrogen-bond donors (Lipinski definition) is 0. The number of hydrogen-bond acceptors (Lipinski definition) is 1. The smallest absolute Gasteiger partial charge is 0.0627 e. The summed E-state index contributed by atoms with van der Waals surface area (Å²) in [5.74, 6) is 0. The molecule has 11 heavy (non-hydrogen) atoms. The van der Waals surface area contributed by atoms with Gasteiger partial charge in [-0.3, -0.25) is 0 Å². The topological polar surface area (TPSA) is 17.1 Å². The Labute approximate surface area is 79.7 Å². The first-order valence-electron chi connectivity index (χ1n) is 3.36. The molecule has 1 radical (unpaired) electrons. The van der Waals surface area contributed by atoms with Crippen molar-refractivity contribution in [1.82, 2.24) is 0 Å². The van der Waals surface area contributed by atoms with E-state index in [9.17, 15) is 4.79 Å². The minimum Gasteiger partial charge on any atom is -0.376 e. The molecule has 0 spiro atoms. The van der Waals surface area contributed by atoms with E-state index in [0.29, 0.717) is 5.56 Å². The fourth-order valence-corrected chi connectivity index (χ4v) is 0.506. The predicted molar refractivity (Wildman–Crippen MR) is 42.6 cm³/mol. The van der Waals surface area contributed by atoms with Gasteiger partial charge in [0.2, 0.25) is 0 Å². The maximum absolute atomic E-state index is 9.88. The van der Waals surface area contributed by atoms with E-state index in [0.717, 1.165) is 0 Å². The first kappa shape index (κ1) is 13.1. The number of carbonyl (C=O) groups excluding carboxylic acids is 1. The largest absolute Gasteiger partial charge is 0.376 e. The molecule has 1 aromatic carbocycles. The fourth-order valence-electron chi connectivity index (χ4n) is 0.506. The van der Waals surface area contributed by atoms with Crippen molar-refractivity contribution in [2.45, 2.75) is 13.8 Å². The van der Waals surface area contributed by atoms with Crippen LogP contribution in [0.5, 0.6) is 0 Å². The molecule has 0 aliphatic carbocycles. The van der Waals surface area contributed by atoms with Gasteiger partial charge in [-0.15, -0.1) is 12.1 Å². The third kappa shape index (κ3) is 5.90. The van der Waals surface area contributed by atoms with Gasteiger partial charge in [-0.2, -0.15) is 17.7 Å². The van der Waals surface area contributed by atoms with Gasteiger partial charge in [0.15, 0.2) is 0 Å². The molecular weight excluding hydrogens is 175 g/mol. The maximum atomic E-state index is 9.88. The van der Waals surface area contributed by atoms with Crippen molar-refractivity contribution >= 4 is 6.29 Å². The van der Waals surface area contributed by atoms with E-state index in [1.54, 1.807) is 30.6 Å². The zero-order valence-corrected chi connectivity index (χ0v) is 8.14. The van der Waals surface area contributed by atoms with Gasteiger partial charge in [-0.25, -0.2) is 0 Å². The Balaban J connectivity index is 0. The van der Waals surface area contributed by atoms with Crippen LogP contribution in [0.3, 0.4) is 0 Å². The van der Waals surface area contributed by atoms with Gasteiger partial charge in [-0.05, 0) is 0 Å². The van der Waals surface area contributed by atoms with Gasteiger partial charge < -0.3 is 4.79 Å². The zero-order chi connectivity index (χ0) is 7.82. The molecule has 0 fully saturated rings. The molecule has 59 valence electrons. The van der Waals surface area contributed by atoms with Gasteiger partial charge in [0.05, 0.1) is 6.29 Å². The first-order chi connectivity index (χ1) is 4.93. The molecule has 0 aromatic heterocycles. The van der Waals surface area contributed by atoms with Crippen LogP contribution in [-0.2, 0) is 23.4 Å². The van der Waals surface area contributed by atoms with E-state index in [1.807, 2.05) is 19.9 Å². The Morgan fingerprint density at radius 3 is 1.82 bits per heavy atom. The summed E-state index contributed by atoms with van der Waals surface area (Å²) in [7, 11) is 0. The molecule has 0 aliphatic rings. The molecule has 1 aromatic rings. The second kappa shape index (κ2) is 9.47. The van der Waals surface area contributed by atoms with E-state index in [2.05, 4.69) is 0 Å². The van der Waals surface area contributed by atoms with E-state index in [4.69, 9.17) is 0 Å². The maximum Gasteiger partial charge on any atom is 0.0627 e. The van der Waals surface area contributed by atoms with E-state index >= 15 is 0 Å². The monoisotopic (exact) mass is 186 g/mol. The van der Waals surface area contributed by atoms with Gasteiger partial charge in [0.25, 0.3) is 0 Å². The Bertz CT molecular complexity index is 172. The summed E-state index contributed by atoms with van der Waals surface area (Å²) in [6, 6.07) is 8.90. The molecule has 0 bridgehead atoms. The minimum absolute atomic E-state index is 0. The minimum atomic E-state index is 0. The van der Waals surface area contributed by atoms with Gasteiger partial charge in [-0.1, -0.05) is 19.9 Å². The molecule has 2 heteroatoms. The quantitative estimate of drug-likeness (QED) is 0.614. The molecule has 0 N–H and O–H groups in total. The average Bonchev–Trinajstić information content (AvgIpc) is 2.10. The first-order valence-corrected chi connectivity index (χ1v) is 3.36. The summed E-state index contributed by atoms with van der Waals surface area (Å²) in [6.45, 7) is 4.00. The third-order valence-corrected chi connectivity index (χ3v) is 0.892. The summed E-state index contributed by atoms with van der Waals surface area (Å²) < 4.78 is 0. The number of benzene rings is 1. The Morgan fingerprint density at radius 2 is 1.55 bits per heavy atom. The van der Waals surface area contributed by atoms with Crippen LogP contribution in [0.4, 0.5) is 0 Å². The molecule has 0 amide bonds. The SMILES string of the molecule is CC.O=[C-]c1ccccc1.[V]. The van der Waals surface area contributed by atoms with E-state index < -0.39 is 0 Å². The molecular formula is C9H11OV-. The number of rotatable bonds is 1.